The van der Waals surface area contributed by atoms with E-state index in [-0.39, 0.29) is 5.82 Å². The van der Waals surface area contributed by atoms with Crippen LogP contribution in [0.5, 0.6) is 0 Å². The molecule has 1 aliphatic heterocycles. The van der Waals surface area contributed by atoms with Crippen LogP contribution >= 0.6 is 15.9 Å². The third-order valence-corrected chi connectivity index (χ3v) is 4.26. The van der Waals surface area contributed by atoms with Crippen LogP contribution in [0.4, 0.5) is 10.2 Å². The molecule has 1 atom stereocenters. The monoisotopic (exact) mass is 339 g/mol. The van der Waals surface area contributed by atoms with Crippen molar-refractivity contribution in [1.29, 1.82) is 0 Å². The van der Waals surface area contributed by atoms with Gasteiger partial charge in [-0.3, -0.25) is 0 Å². The second-order valence-electron chi connectivity index (χ2n) is 5.48. The van der Waals surface area contributed by atoms with Crippen molar-refractivity contribution in [3.8, 4) is 0 Å². The van der Waals surface area contributed by atoms with Crippen molar-refractivity contribution >= 4 is 32.7 Å². The minimum Gasteiger partial charge on any atom is -0.388 e. The van der Waals surface area contributed by atoms with Gasteiger partial charge in [0.05, 0.1) is 10.1 Å². The average Bonchev–Trinajstić information content (AvgIpc) is 2.41. The summed E-state index contributed by atoms with van der Waals surface area (Å²) < 4.78 is 14.5. The van der Waals surface area contributed by atoms with E-state index in [4.69, 9.17) is 0 Å². The van der Waals surface area contributed by atoms with E-state index in [2.05, 4.69) is 25.9 Å². The minimum atomic E-state index is -0.733. The number of aliphatic hydroxyl groups is 1. The van der Waals surface area contributed by atoms with Gasteiger partial charge in [-0.1, -0.05) is 0 Å². The van der Waals surface area contributed by atoms with Crippen molar-refractivity contribution in [1.82, 2.24) is 9.97 Å². The van der Waals surface area contributed by atoms with Crippen LogP contribution in [0.1, 0.15) is 19.8 Å². The normalized spacial score (nSPS) is 23.3. The largest absolute Gasteiger partial charge is 0.388 e. The van der Waals surface area contributed by atoms with Crippen LogP contribution in [0, 0.1) is 5.82 Å². The highest BCUT2D eigenvalue weighted by atomic mass is 79.9. The summed E-state index contributed by atoms with van der Waals surface area (Å²) in [7, 11) is 0. The number of halogens is 2. The highest BCUT2D eigenvalue weighted by Gasteiger charge is 2.30. The Morgan fingerprint density at radius 1 is 1.40 bits per heavy atom. The summed E-state index contributed by atoms with van der Waals surface area (Å²) in [6.07, 6.45) is 3.03. The summed E-state index contributed by atoms with van der Waals surface area (Å²) in [6, 6.07) is 3.47. The summed E-state index contributed by atoms with van der Waals surface area (Å²) in [5, 5.41) is 10.9. The standard InChI is InChI=1S/C14H15BrFN3O/c1-14(20)5-2-6-19(7-14)13-9-3-4-10(15)11(16)12(9)17-8-18-13/h3-4,8,20H,2,5-7H2,1H3/t14-/m1/s1. The lowest BCUT2D eigenvalue weighted by Crippen LogP contribution is -2.46. The molecule has 0 unspecified atom stereocenters. The molecule has 1 N–H and O–H groups in total. The maximum atomic E-state index is 14.1. The lowest BCUT2D eigenvalue weighted by molar-refractivity contribution is 0.0448. The zero-order valence-corrected chi connectivity index (χ0v) is 12.7. The van der Waals surface area contributed by atoms with Crippen molar-refractivity contribution < 1.29 is 9.50 Å². The van der Waals surface area contributed by atoms with Gasteiger partial charge in [-0.25, -0.2) is 14.4 Å². The van der Waals surface area contributed by atoms with E-state index in [0.717, 1.165) is 19.4 Å². The van der Waals surface area contributed by atoms with Crippen LogP contribution in [-0.2, 0) is 0 Å². The number of benzene rings is 1. The molecule has 0 spiro atoms. The molecule has 1 aromatic heterocycles. The van der Waals surface area contributed by atoms with Gasteiger partial charge in [0.15, 0.2) is 5.82 Å². The van der Waals surface area contributed by atoms with Crippen LogP contribution in [0.25, 0.3) is 10.9 Å². The van der Waals surface area contributed by atoms with Crippen LogP contribution in [0.15, 0.2) is 22.9 Å². The Morgan fingerprint density at radius 3 is 2.95 bits per heavy atom. The van der Waals surface area contributed by atoms with E-state index >= 15 is 0 Å². The summed E-state index contributed by atoms with van der Waals surface area (Å²) in [6.45, 7) is 3.12. The molecule has 0 aliphatic carbocycles. The molecule has 1 saturated heterocycles. The molecule has 1 aromatic carbocycles. The van der Waals surface area contributed by atoms with Gasteiger partial charge in [0, 0.05) is 18.5 Å². The van der Waals surface area contributed by atoms with Crippen molar-refractivity contribution in [3.63, 3.8) is 0 Å². The fourth-order valence-corrected chi connectivity index (χ4v) is 3.03. The molecule has 0 bridgehead atoms. The zero-order chi connectivity index (χ0) is 14.3. The quantitative estimate of drug-likeness (QED) is 0.867. The zero-order valence-electron chi connectivity index (χ0n) is 11.1. The molecule has 6 heteroatoms. The van der Waals surface area contributed by atoms with Crippen LogP contribution in [0.2, 0.25) is 0 Å². The van der Waals surface area contributed by atoms with Crippen molar-refractivity contribution in [3.05, 3.63) is 28.7 Å². The van der Waals surface area contributed by atoms with Gasteiger partial charge >= 0.3 is 0 Å². The van der Waals surface area contributed by atoms with Gasteiger partial charge in [0.25, 0.3) is 0 Å². The molecule has 0 radical (unpaired) electrons. The maximum Gasteiger partial charge on any atom is 0.163 e. The first-order valence-electron chi connectivity index (χ1n) is 6.54. The third kappa shape index (κ3) is 2.38. The van der Waals surface area contributed by atoms with E-state index in [1.165, 1.54) is 6.33 Å². The first-order chi connectivity index (χ1) is 9.48. The second-order valence-corrected chi connectivity index (χ2v) is 6.33. The van der Waals surface area contributed by atoms with Crippen LogP contribution in [-0.4, -0.2) is 33.8 Å². The van der Waals surface area contributed by atoms with E-state index in [9.17, 15) is 9.50 Å². The van der Waals surface area contributed by atoms with Crippen LogP contribution < -0.4 is 4.90 Å². The Balaban J connectivity index is 2.10. The smallest absolute Gasteiger partial charge is 0.163 e. The second kappa shape index (κ2) is 4.93. The molecular weight excluding hydrogens is 325 g/mol. The molecule has 0 saturated carbocycles. The molecule has 3 rings (SSSR count). The van der Waals surface area contributed by atoms with Gasteiger partial charge in [-0.05, 0) is 47.8 Å². The Morgan fingerprint density at radius 2 is 2.20 bits per heavy atom. The lowest BCUT2D eigenvalue weighted by Gasteiger charge is -2.37. The molecule has 0 amide bonds. The van der Waals surface area contributed by atoms with E-state index in [0.29, 0.717) is 27.7 Å². The Hall–Kier alpha value is -1.27. The van der Waals surface area contributed by atoms with Crippen molar-refractivity contribution in [2.75, 3.05) is 18.0 Å². The predicted octanol–water partition coefficient (Wildman–Crippen LogP) is 2.88. The molecule has 1 aliphatic rings. The Labute approximate surface area is 124 Å². The first kappa shape index (κ1) is 13.7. The number of rotatable bonds is 1. The Kier molecular flexibility index (Phi) is 3.38. The third-order valence-electron chi connectivity index (χ3n) is 3.65. The summed E-state index contributed by atoms with van der Waals surface area (Å²) >= 11 is 3.17. The summed E-state index contributed by atoms with van der Waals surface area (Å²) in [5.74, 6) is 0.302. The maximum absolute atomic E-state index is 14.1. The molecule has 2 aromatic rings. The highest BCUT2D eigenvalue weighted by Crippen LogP contribution is 2.31. The number of nitrogens with zero attached hydrogens (tertiary/aromatic N) is 3. The predicted molar refractivity (Wildman–Crippen MR) is 79.3 cm³/mol. The molecule has 1 fully saturated rings. The fourth-order valence-electron chi connectivity index (χ4n) is 2.71. The minimum absolute atomic E-state index is 0.301. The number of β-amino-alcohol motifs (C(OH)–C–C–N with tert-alkyl or cyclic N) is 1. The lowest BCUT2D eigenvalue weighted by atomic mass is 9.95. The van der Waals surface area contributed by atoms with Crippen LogP contribution in [0.3, 0.4) is 0 Å². The van der Waals surface area contributed by atoms with Crippen molar-refractivity contribution in [2.24, 2.45) is 0 Å². The van der Waals surface area contributed by atoms with E-state index in [1.54, 1.807) is 12.1 Å². The molecule has 4 nitrogen and oxygen atoms in total. The van der Waals surface area contributed by atoms with Gasteiger partial charge < -0.3 is 10.0 Å². The number of anilines is 1. The van der Waals surface area contributed by atoms with Gasteiger partial charge in [-0.15, -0.1) is 0 Å². The SMILES string of the molecule is C[C@@]1(O)CCCN(c2ncnc3c(F)c(Br)ccc23)C1. The topological polar surface area (TPSA) is 49.2 Å². The number of fused-ring (bicyclic) bond motifs is 1. The number of hydrogen-bond donors (Lipinski definition) is 1. The summed E-state index contributed by atoms with van der Waals surface area (Å²) in [4.78, 5) is 10.3. The van der Waals surface area contributed by atoms with Crippen molar-refractivity contribution in [2.45, 2.75) is 25.4 Å². The Bertz CT molecular complexity index is 662. The molecule has 106 valence electrons. The number of hydrogen-bond acceptors (Lipinski definition) is 4. The van der Waals surface area contributed by atoms with Gasteiger partial charge in [0.1, 0.15) is 17.7 Å². The first-order valence-corrected chi connectivity index (χ1v) is 7.33. The molecular formula is C14H15BrFN3O. The fraction of sp³-hybridized carbons (Fsp3) is 0.429. The average molecular weight is 340 g/mol. The van der Waals surface area contributed by atoms with Gasteiger partial charge in [0.2, 0.25) is 0 Å². The molecule has 2 heterocycles. The highest BCUT2D eigenvalue weighted by molar-refractivity contribution is 9.10. The van der Waals surface area contributed by atoms with E-state index < -0.39 is 5.60 Å². The number of aromatic nitrogens is 2. The summed E-state index contributed by atoms with van der Waals surface area (Å²) in [5.41, 5.74) is -0.432. The van der Waals surface area contributed by atoms with E-state index in [1.807, 2.05) is 11.8 Å². The molecule has 20 heavy (non-hydrogen) atoms. The van der Waals surface area contributed by atoms with Gasteiger partial charge in [-0.2, -0.15) is 0 Å². The number of piperidine rings is 1.